The molecule has 4 nitrogen and oxygen atoms in total. The van der Waals surface area contributed by atoms with Gasteiger partial charge in [0.05, 0.1) is 7.11 Å². The van der Waals surface area contributed by atoms with E-state index in [0.29, 0.717) is 17.4 Å². The zero-order valence-electron chi connectivity index (χ0n) is 11.5. The minimum atomic E-state index is -0.382. The van der Waals surface area contributed by atoms with E-state index in [2.05, 4.69) is 12.2 Å². The number of hydrogen-bond acceptors (Lipinski definition) is 3. The van der Waals surface area contributed by atoms with Crippen LogP contribution in [0.1, 0.15) is 32.6 Å². The Hall–Kier alpha value is -1.71. The third-order valence-corrected chi connectivity index (χ3v) is 3.61. The molecule has 1 aromatic rings. The van der Waals surface area contributed by atoms with Gasteiger partial charge < -0.3 is 9.47 Å². The fraction of sp³-hybridized carbons (Fsp3) is 0.533. The van der Waals surface area contributed by atoms with Crippen LogP contribution in [0.3, 0.4) is 0 Å². The predicted molar refractivity (Wildman–Crippen MR) is 74.5 cm³/mol. The lowest BCUT2D eigenvalue weighted by molar-refractivity contribution is 0.0524. The van der Waals surface area contributed by atoms with Gasteiger partial charge in [0.2, 0.25) is 0 Å². The van der Waals surface area contributed by atoms with Gasteiger partial charge in [0.1, 0.15) is 11.9 Å². The van der Waals surface area contributed by atoms with Crippen LogP contribution in [0.25, 0.3) is 0 Å². The van der Waals surface area contributed by atoms with Gasteiger partial charge in [0.25, 0.3) is 0 Å². The second-order valence-electron chi connectivity index (χ2n) is 5.06. The molecule has 1 aliphatic rings. The fourth-order valence-electron chi connectivity index (χ4n) is 2.44. The van der Waals surface area contributed by atoms with Crippen molar-refractivity contribution in [3.8, 4) is 5.75 Å². The van der Waals surface area contributed by atoms with Crippen LogP contribution < -0.4 is 10.1 Å². The Morgan fingerprint density at radius 1 is 1.32 bits per heavy atom. The number of methoxy groups -OCH3 is 1. The molecular formula is C15H21NO3. The summed E-state index contributed by atoms with van der Waals surface area (Å²) < 4.78 is 10.6. The van der Waals surface area contributed by atoms with Crippen LogP contribution in [0, 0.1) is 5.92 Å². The molecule has 1 aliphatic carbocycles. The normalized spacial score (nSPS) is 22.6. The topological polar surface area (TPSA) is 47.6 Å². The molecule has 0 spiro atoms. The highest BCUT2D eigenvalue weighted by molar-refractivity contribution is 5.84. The first-order chi connectivity index (χ1) is 9.19. The molecule has 2 atom stereocenters. The van der Waals surface area contributed by atoms with E-state index in [0.717, 1.165) is 19.3 Å². The SMILES string of the molecule is COc1cccc(NC(=O)O[C@H]2CCCC[C@@H]2C)c1. The first-order valence-electron chi connectivity index (χ1n) is 6.80. The van der Waals surface area contributed by atoms with E-state index in [1.807, 2.05) is 18.2 Å². The summed E-state index contributed by atoms with van der Waals surface area (Å²) in [4.78, 5) is 11.9. The fourth-order valence-corrected chi connectivity index (χ4v) is 2.44. The molecule has 1 saturated carbocycles. The Balaban J connectivity index is 1.89. The van der Waals surface area contributed by atoms with Gasteiger partial charge in [0, 0.05) is 11.8 Å². The van der Waals surface area contributed by atoms with E-state index in [-0.39, 0.29) is 12.2 Å². The number of amides is 1. The van der Waals surface area contributed by atoms with Crippen molar-refractivity contribution in [2.24, 2.45) is 5.92 Å². The molecule has 1 fully saturated rings. The van der Waals surface area contributed by atoms with Crippen molar-refractivity contribution in [1.29, 1.82) is 0 Å². The minimum Gasteiger partial charge on any atom is -0.497 e. The second-order valence-corrected chi connectivity index (χ2v) is 5.06. The predicted octanol–water partition coefficient (Wildman–Crippen LogP) is 3.82. The lowest BCUT2D eigenvalue weighted by atomic mass is 9.88. The van der Waals surface area contributed by atoms with Gasteiger partial charge in [-0.15, -0.1) is 0 Å². The Labute approximate surface area is 114 Å². The smallest absolute Gasteiger partial charge is 0.411 e. The quantitative estimate of drug-likeness (QED) is 0.901. The molecular weight excluding hydrogens is 242 g/mol. The standard InChI is InChI=1S/C15H21NO3/c1-11-6-3-4-9-14(11)19-15(17)16-12-7-5-8-13(10-12)18-2/h5,7-8,10-11,14H,3-4,6,9H2,1-2H3,(H,16,17)/t11-,14-/m0/s1. The molecule has 0 aromatic heterocycles. The third kappa shape index (κ3) is 3.88. The van der Waals surface area contributed by atoms with Crippen molar-refractivity contribution in [2.45, 2.75) is 38.7 Å². The molecule has 0 saturated heterocycles. The minimum absolute atomic E-state index is 0.0411. The first kappa shape index (κ1) is 13.7. The number of anilines is 1. The lowest BCUT2D eigenvalue weighted by Crippen LogP contribution is -2.30. The van der Waals surface area contributed by atoms with Gasteiger partial charge in [0.15, 0.2) is 0 Å². The van der Waals surface area contributed by atoms with Crippen LogP contribution in [0.5, 0.6) is 5.75 Å². The van der Waals surface area contributed by atoms with E-state index in [1.54, 1.807) is 13.2 Å². The average Bonchev–Trinajstić information content (AvgIpc) is 2.41. The van der Waals surface area contributed by atoms with Crippen molar-refractivity contribution < 1.29 is 14.3 Å². The molecule has 0 bridgehead atoms. The first-order valence-corrected chi connectivity index (χ1v) is 6.80. The monoisotopic (exact) mass is 263 g/mol. The van der Waals surface area contributed by atoms with Crippen molar-refractivity contribution in [3.05, 3.63) is 24.3 Å². The second kappa shape index (κ2) is 6.45. The molecule has 2 rings (SSSR count). The summed E-state index contributed by atoms with van der Waals surface area (Å²) in [5.41, 5.74) is 0.688. The summed E-state index contributed by atoms with van der Waals surface area (Å²) >= 11 is 0. The van der Waals surface area contributed by atoms with Gasteiger partial charge in [-0.3, -0.25) is 5.32 Å². The van der Waals surface area contributed by atoms with Gasteiger partial charge in [-0.25, -0.2) is 4.79 Å². The number of carbonyl (C=O) groups is 1. The van der Waals surface area contributed by atoms with Gasteiger partial charge in [-0.2, -0.15) is 0 Å². The van der Waals surface area contributed by atoms with Crippen LogP contribution in [0.15, 0.2) is 24.3 Å². The maximum atomic E-state index is 11.9. The largest absolute Gasteiger partial charge is 0.497 e. The molecule has 4 heteroatoms. The van der Waals surface area contributed by atoms with Crippen molar-refractivity contribution in [3.63, 3.8) is 0 Å². The summed E-state index contributed by atoms with van der Waals surface area (Å²) in [6.45, 7) is 2.14. The Morgan fingerprint density at radius 3 is 2.84 bits per heavy atom. The maximum Gasteiger partial charge on any atom is 0.411 e. The molecule has 0 aliphatic heterocycles. The van der Waals surface area contributed by atoms with Crippen LogP contribution in [-0.2, 0) is 4.74 Å². The summed E-state index contributed by atoms with van der Waals surface area (Å²) in [5.74, 6) is 1.16. The van der Waals surface area contributed by atoms with Gasteiger partial charge in [-0.05, 0) is 37.3 Å². The van der Waals surface area contributed by atoms with Crippen molar-refractivity contribution in [2.75, 3.05) is 12.4 Å². The highest BCUT2D eigenvalue weighted by atomic mass is 16.6. The van der Waals surface area contributed by atoms with E-state index in [1.165, 1.54) is 6.42 Å². The van der Waals surface area contributed by atoms with E-state index in [4.69, 9.17) is 9.47 Å². The Kier molecular flexibility index (Phi) is 4.66. The molecule has 19 heavy (non-hydrogen) atoms. The molecule has 0 unspecified atom stereocenters. The number of nitrogens with one attached hydrogen (secondary N) is 1. The molecule has 0 radical (unpaired) electrons. The van der Waals surface area contributed by atoms with Gasteiger partial charge >= 0.3 is 6.09 Å². The van der Waals surface area contributed by atoms with Crippen LogP contribution in [-0.4, -0.2) is 19.3 Å². The van der Waals surface area contributed by atoms with E-state index >= 15 is 0 Å². The lowest BCUT2D eigenvalue weighted by Gasteiger charge is -2.28. The number of ether oxygens (including phenoxy) is 2. The highest BCUT2D eigenvalue weighted by Gasteiger charge is 2.24. The Morgan fingerprint density at radius 2 is 2.11 bits per heavy atom. The van der Waals surface area contributed by atoms with Crippen molar-refractivity contribution >= 4 is 11.8 Å². The van der Waals surface area contributed by atoms with Crippen LogP contribution >= 0.6 is 0 Å². The number of hydrogen-bond donors (Lipinski definition) is 1. The average molecular weight is 263 g/mol. The molecule has 1 aromatic carbocycles. The van der Waals surface area contributed by atoms with Crippen molar-refractivity contribution in [1.82, 2.24) is 0 Å². The van der Waals surface area contributed by atoms with E-state index in [9.17, 15) is 4.79 Å². The van der Waals surface area contributed by atoms with E-state index < -0.39 is 0 Å². The number of rotatable bonds is 3. The molecule has 1 amide bonds. The molecule has 104 valence electrons. The van der Waals surface area contributed by atoms with Crippen LogP contribution in [0.4, 0.5) is 10.5 Å². The number of carbonyl (C=O) groups excluding carboxylic acids is 1. The zero-order valence-corrected chi connectivity index (χ0v) is 11.5. The number of benzene rings is 1. The van der Waals surface area contributed by atoms with Crippen LogP contribution in [0.2, 0.25) is 0 Å². The molecule has 0 heterocycles. The summed E-state index contributed by atoms with van der Waals surface area (Å²) in [7, 11) is 1.60. The highest BCUT2D eigenvalue weighted by Crippen LogP contribution is 2.26. The maximum absolute atomic E-state index is 11.9. The zero-order chi connectivity index (χ0) is 13.7. The summed E-state index contributed by atoms with van der Waals surface area (Å²) in [6, 6.07) is 7.25. The summed E-state index contributed by atoms with van der Waals surface area (Å²) in [6.07, 6.45) is 4.13. The Bertz CT molecular complexity index is 433. The summed E-state index contributed by atoms with van der Waals surface area (Å²) in [5, 5.41) is 2.74. The molecule has 1 N–H and O–H groups in total. The third-order valence-electron chi connectivity index (χ3n) is 3.61. The van der Waals surface area contributed by atoms with Gasteiger partial charge in [-0.1, -0.05) is 19.4 Å².